The summed E-state index contributed by atoms with van der Waals surface area (Å²) in [5.74, 6) is 0.749. The Bertz CT molecular complexity index is 573. The van der Waals surface area contributed by atoms with Crippen LogP contribution in [0.2, 0.25) is 0 Å². The third-order valence-corrected chi connectivity index (χ3v) is 4.53. The molecule has 2 aromatic carbocycles. The van der Waals surface area contributed by atoms with Gasteiger partial charge < -0.3 is 5.32 Å². The molecule has 1 N–H and O–H groups in total. The van der Waals surface area contributed by atoms with E-state index in [1.54, 1.807) is 0 Å². The average molecular weight is 283 g/mol. The fraction of sp³-hybridized carbons (Fsp3) is 0.500. The van der Waals surface area contributed by atoms with Crippen molar-refractivity contribution in [1.82, 2.24) is 5.32 Å². The second-order valence-electron chi connectivity index (χ2n) is 6.27. The summed E-state index contributed by atoms with van der Waals surface area (Å²) in [5, 5.41) is 6.57. The van der Waals surface area contributed by atoms with Gasteiger partial charge in [0.25, 0.3) is 0 Å². The Morgan fingerprint density at radius 2 is 1.71 bits per heavy atom. The minimum absolute atomic E-state index is 0.463. The van der Waals surface area contributed by atoms with Crippen molar-refractivity contribution in [2.45, 2.75) is 53.0 Å². The van der Waals surface area contributed by atoms with Crippen molar-refractivity contribution in [2.75, 3.05) is 6.54 Å². The topological polar surface area (TPSA) is 12.0 Å². The molecular formula is C20H29N. The van der Waals surface area contributed by atoms with Crippen molar-refractivity contribution in [3.05, 3.63) is 47.5 Å². The normalized spacial score (nSPS) is 14.3. The Kier molecular flexibility index (Phi) is 5.81. The van der Waals surface area contributed by atoms with Crippen LogP contribution in [-0.2, 0) is 0 Å². The maximum absolute atomic E-state index is 3.76. The molecule has 0 aliphatic heterocycles. The van der Waals surface area contributed by atoms with E-state index in [2.05, 4.69) is 69.4 Å². The molecule has 0 saturated carbocycles. The van der Waals surface area contributed by atoms with Crippen LogP contribution in [0, 0.1) is 12.8 Å². The van der Waals surface area contributed by atoms with Gasteiger partial charge in [0.1, 0.15) is 0 Å². The van der Waals surface area contributed by atoms with Crippen LogP contribution in [0.1, 0.15) is 57.2 Å². The molecule has 0 aromatic heterocycles. The second kappa shape index (κ2) is 7.61. The van der Waals surface area contributed by atoms with E-state index in [4.69, 9.17) is 0 Å². The Morgan fingerprint density at radius 3 is 2.38 bits per heavy atom. The van der Waals surface area contributed by atoms with E-state index in [1.165, 1.54) is 41.2 Å². The second-order valence-corrected chi connectivity index (χ2v) is 6.27. The number of fused-ring (bicyclic) bond motifs is 1. The highest BCUT2D eigenvalue weighted by atomic mass is 14.9. The number of rotatable bonds is 7. The number of aryl methyl sites for hydroxylation is 1. The summed E-state index contributed by atoms with van der Waals surface area (Å²) in [7, 11) is 0. The predicted octanol–water partition coefficient (Wildman–Crippen LogP) is 5.63. The lowest BCUT2D eigenvalue weighted by Gasteiger charge is -2.24. The first-order valence-corrected chi connectivity index (χ1v) is 8.39. The SMILES string of the molecule is CCCNC(CC(C)CC)c1ccc(C)c2ccccc12. The minimum Gasteiger partial charge on any atom is -0.310 e. The van der Waals surface area contributed by atoms with Gasteiger partial charge in [0, 0.05) is 6.04 Å². The van der Waals surface area contributed by atoms with Crippen molar-refractivity contribution in [3.63, 3.8) is 0 Å². The van der Waals surface area contributed by atoms with Crippen LogP contribution in [-0.4, -0.2) is 6.54 Å². The van der Waals surface area contributed by atoms with Crippen LogP contribution in [0.4, 0.5) is 0 Å². The van der Waals surface area contributed by atoms with Crippen molar-refractivity contribution in [3.8, 4) is 0 Å². The van der Waals surface area contributed by atoms with E-state index in [1.807, 2.05) is 0 Å². The molecule has 0 fully saturated rings. The van der Waals surface area contributed by atoms with E-state index in [-0.39, 0.29) is 0 Å². The molecule has 0 spiro atoms. The molecule has 0 amide bonds. The standard InChI is InChI=1S/C20H29N/c1-5-13-21-20(14-15(3)6-2)19-12-11-16(4)17-9-7-8-10-18(17)19/h7-12,15,20-21H,5-6,13-14H2,1-4H3. The van der Waals surface area contributed by atoms with E-state index >= 15 is 0 Å². The Morgan fingerprint density at radius 1 is 1.00 bits per heavy atom. The molecule has 2 rings (SSSR count). The Hall–Kier alpha value is -1.34. The number of hydrogen-bond acceptors (Lipinski definition) is 1. The first kappa shape index (κ1) is 16.0. The van der Waals surface area contributed by atoms with Gasteiger partial charge >= 0.3 is 0 Å². The predicted molar refractivity (Wildman–Crippen MR) is 93.8 cm³/mol. The monoisotopic (exact) mass is 283 g/mol. The first-order valence-electron chi connectivity index (χ1n) is 8.39. The molecule has 0 aliphatic carbocycles. The zero-order valence-electron chi connectivity index (χ0n) is 13.9. The van der Waals surface area contributed by atoms with Gasteiger partial charge in [-0.2, -0.15) is 0 Å². The zero-order chi connectivity index (χ0) is 15.2. The molecular weight excluding hydrogens is 254 g/mol. The van der Waals surface area contributed by atoms with Crippen LogP contribution in [0.15, 0.2) is 36.4 Å². The number of hydrogen-bond donors (Lipinski definition) is 1. The molecule has 0 radical (unpaired) electrons. The van der Waals surface area contributed by atoms with Crippen LogP contribution < -0.4 is 5.32 Å². The smallest absolute Gasteiger partial charge is 0.0328 e. The molecule has 0 bridgehead atoms. The van der Waals surface area contributed by atoms with E-state index in [0.29, 0.717) is 6.04 Å². The lowest BCUT2D eigenvalue weighted by Crippen LogP contribution is -2.24. The number of nitrogens with one attached hydrogen (secondary N) is 1. The summed E-state index contributed by atoms with van der Waals surface area (Å²) in [4.78, 5) is 0. The maximum Gasteiger partial charge on any atom is 0.0328 e. The van der Waals surface area contributed by atoms with Gasteiger partial charge in [0.15, 0.2) is 0 Å². The molecule has 2 aromatic rings. The summed E-state index contributed by atoms with van der Waals surface area (Å²) < 4.78 is 0. The van der Waals surface area contributed by atoms with Crippen LogP contribution in [0.3, 0.4) is 0 Å². The van der Waals surface area contributed by atoms with Crippen LogP contribution in [0.25, 0.3) is 10.8 Å². The highest BCUT2D eigenvalue weighted by Gasteiger charge is 2.16. The molecule has 0 aliphatic rings. The molecule has 2 atom stereocenters. The van der Waals surface area contributed by atoms with Crippen molar-refractivity contribution in [1.29, 1.82) is 0 Å². The summed E-state index contributed by atoms with van der Waals surface area (Å²) in [6.45, 7) is 10.2. The number of benzene rings is 2. The largest absolute Gasteiger partial charge is 0.310 e. The van der Waals surface area contributed by atoms with E-state index in [0.717, 1.165) is 12.5 Å². The molecule has 1 heteroatoms. The zero-order valence-corrected chi connectivity index (χ0v) is 13.9. The summed E-state index contributed by atoms with van der Waals surface area (Å²) in [6, 6.07) is 13.9. The van der Waals surface area contributed by atoms with Crippen LogP contribution in [0.5, 0.6) is 0 Å². The van der Waals surface area contributed by atoms with Gasteiger partial charge in [-0.05, 0) is 54.1 Å². The summed E-state index contributed by atoms with van der Waals surface area (Å²) >= 11 is 0. The molecule has 0 saturated heterocycles. The van der Waals surface area contributed by atoms with Gasteiger partial charge in [-0.3, -0.25) is 0 Å². The molecule has 0 heterocycles. The molecule has 21 heavy (non-hydrogen) atoms. The van der Waals surface area contributed by atoms with Crippen molar-refractivity contribution < 1.29 is 0 Å². The quantitative estimate of drug-likeness (QED) is 0.695. The fourth-order valence-electron chi connectivity index (χ4n) is 2.98. The third-order valence-electron chi connectivity index (χ3n) is 4.53. The molecule has 2 unspecified atom stereocenters. The van der Waals surface area contributed by atoms with Crippen molar-refractivity contribution in [2.24, 2.45) is 5.92 Å². The van der Waals surface area contributed by atoms with Gasteiger partial charge in [-0.15, -0.1) is 0 Å². The fourth-order valence-corrected chi connectivity index (χ4v) is 2.98. The molecule has 1 nitrogen and oxygen atoms in total. The summed E-state index contributed by atoms with van der Waals surface area (Å²) in [5.41, 5.74) is 2.83. The van der Waals surface area contributed by atoms with Gasteiger partial charge in [0.2, 0.25) is 0 Å². The highest BCUT2D eigenvalue weighted by Crippen LogP contribution is 2.31. The highest BCUT2D eigenvalue weighted by molar-refractivity contribution is 5.88. The van der Waals surface area contributed by atoms with Gasteiger partial charge in [-0.25, -0.2) is 0 Å². The van der Waals surface area contributed by atoms with Gasteiger partial charge in [0.05, 0.1) is 0 Å². The van der Waals surface area contributed by atoms with Crippen LogP contribution >= 0.6 is 0 Å². The lowest BCUT2D eigenvalue weighted by atomic mass is 9.90. The van der Waals surface area contributed by atoms with Gasteiger partial charge in [-0.1, -0.05) is 63.6 Å². The lowest BCUT2D eigenvalue weighted by molar-refractivity contribution is 0.404. The van der Waals surface area contributed by atoms with E-state index in [9.17, 15) is 0 Å². The average Bonchev–Trinajstić information content (AvgIpc) is 2.52. The minimum atomic E-state index is 0.463. The van der Waals surface area contributed by atoms with E-state index < -0.39 is 0 Å². The maximum atomic E-state index is 3.76. The first-order chi connectivity index (χ1) is 10.2. The summed E-state index contributed by atoms with van der Waals surface area (Å²) in [6.07, 6.45) is 3.64. The third kappa shape index (κ3) is 3.85. The van der Waals surface area contributed by atoms with Crippen molar-refractivity contribution >= 4 is 10.8 Å². The Labute approximate surface area is 129 Å². The Balaban J connectivity index is 2.41. The molecule has 114 valence electrons.